The van der Waals surface area contributed by atoms with Gasteiger partial charge in [0.2, 0.25) is 0 Å². The molecule has 0 N–H and O–H groups in total. The molecule has 0 saturated carbocycles. The zero-order valence-corrected chi connectivity index (χ0v) is 22.1. The lowest BCUT2D eigenvalue weighted by atomic mass is 10.2. The Labute approximate surface area is 204 Å². The van der Waals surface area contributed by atoms with Crippen LogP contribution in [0.5, 0.6) is 0 Å². The molecule has 3 aromatic carbocycles. The fraction of sp³-hybridized carbons (Fsp3) is 0.250. The van der Waals surface area contributed by atoms with Crippen molar-refractivity contribution in [2.45, 2.75) is 20.8 Å². The van der Waals surface area contributed by atoms with Gasteiger partial charge in [0.15, 0.2) is 0 Å². The summed E-state index contributed by atoms with van der Waals surface area (Å²) in [6.45, 7) is 8.85. The Morgan fingerprint density at radius 3 is 1.00 bits per heavy atom. The van der Waals surface area contributed by atoms with E-state index in [9.17, 15) is 0 Å². The number of anilines is 3. The lowest BCUT2D eigenvalue weighted by Gasteiger charge is -2.45. The van der Waals surface area contributed by atoms with E-state index >= 15 is 0 Å². The van der Waals surface area contributed by atoms with Gasteiger partial charge in [-0.15, -0.1) is 0 Å². The molecule has 1 heterocycles. The van der Waals surface area contributed by atoms with Gasteiger partial charge in [0, 0.05) is 30.5 Å². The van der Waals surface area contributed by atoms with Crippen LogP contribution in [0.25, 0.3) is 0 Å². The highest BCUT2D eigenvalue weighted by Crippen LogP contribution is 2.32. The minimum absolute atomic E-state index is 0.828. The summed E-state index contributed by atoms with van der Waals surface area (Å²) in [6.07, 6.45) is 0. The van der Waals surface area contributed by atoms with Crippen LogP contribution in [0.15, 0.2) is 68.0 Å². The lowest BCUT2D eigenvalue weighted by molar-refractivity contribution is 0.610. The van der Waals surface area contributed by atoms with E-state index in [0.29, 0.717) is 0 Å². The van der Waals surface area contributed by atoms with Gasteiger partial charge in [-0.3, -0.25) is 0 Å². The van der Waals surface area contributed by atoms with Gasteiger partial charge >= 0.3 is 0 Å². The Bertz CT molecular complexity index is 941. The molecule has 1 aliphatic heterocycles. The molecule has 1 saturated heterocycles. The highest BCUT2D eigenvalue weighted by atomic mass is 79.9. The zero-order chi connectivity index (χ0) is 21.4. The van der Waals surface area contributed by atoms with Crippen LogP contribution in [0.1, 0.15) is 16.7 Å². The van der Waals surface area contributed by atoms with Crippen molar-refractivity contribution in [2.75, 3.05) is 34.7 Å². The van der Waals surface area contributed by atoms with Gasteiger partial charge in [-0.2, -0.15) is 0 Å². The van der Waals surface area contributed by atoms with Gasteiger partial charge in [-0.25, -0.2) is 0 Å². The molecule has 0 spiro atoms. The summed E-state index contributed by atoms with van der Waals surface area (Å²) in [5.41, 5.74) is 7.36. The summed E-state index contributed by atoms with van der Waals surface area (Å²) in [4.78, 5) is 7.24. The Kier molecular flexibility index (Phi) is 6.47. The second-order valence-electron chi connectivity index (χ2n) is 7.84. The van der Waals surface area contributed by atoms with Crippen LogP contribution in [0, 0.1) is 20.8 Å². The molecule has 4 rings (SSSR count). The minimum atomic E-state index is 0.828. The second kappa shape index (κ2) is 8.93. The number of hydrogen-bond acceptors (Lipinski definition) is 3. The number of aryl methyl sites for hydroxylation is 3. The monoisotopic (exact) mass is 591 g/mol. The molecule has 0 radical (unpaired) electrons. The average Bonchev–Trinajstić information content (AvgIpc) is 2.73. The largest absolute Gasteiger partial charge is 0.336 e. The first-order chi connectivity index (χ1) is 14.3. The van der Waals surface area contributed by atoms with E-state index in [2.05, 4.69) is 138 Å². The van der Waals surface area contributed by atoms with E-state index in [1.165, 1.54) is 33.8 Å². The Morgan fingerprint density at radius 1 is 0.500 bits per heavy atom. The molecule has 0 aliphatic carbocycles. The van der Waals surface area contributed by atoms with Crippen LogP contribution >= 0.6 is 47.8 Å². The van der Waals surface area contributed by atoms with Crippen LogP contribution < -0.4 is 14.7 Å². The third-order valence-electron chi connectivity index (χ3n) is 5.59. The van der Waals surface area contributed by atoms with E-state index < -0.39 is 0 Å². The predicted molar refractivity (Wildman–Crippen MR) is 139 cm³/mol. The molecule has 30 heavy (non-hydrogen) atoms. The molecule has 6 heteroatoms. The number of nitrogens with zero attached hydrogens (tertiary/aromatic N) is 3. The van der Waals surface area contributed by atoms with Gasteiger partial charge < -0.3 is 14.7 Å². The molecule has 0 aromatic heterocycles. The number of halogens is 3. The highest BCUT2D eigenvalue weighted by Gasteiger charge is 2.25. The van der Waals surface area contributed by atoms with Gasteiger partial charge in [0.1, 0.15) is 0 Å². The average molecular weight is 594 g/mol. The Hall–Kier alpha value is -1.50. The van der Waals surface area contributed by atoms with Crippen molar-refractivity contribution in [2.24, 2.45) is 0 Å². The molecule has 3 aromatic rings. The van der Waals surface area contributed by atoms with Crippen LogP contribution in [-0.2, 0) is 0 Å². The third kappa shape index (κ3) is 4.56. The fourth-order valence-corrected chi connectivity index (χ4v) is 4.68. The standard InChI is InChI=1S/C24H24Br3N3/c1-16-4-7-19(10-22(16)25)28-13-29(20-8-5-17(2)23(26)11-20)15-30(14-28)21-9-6-18(3)24(27)12-21/h4-12H,13-15H2,1-3H3. The van der Waals surface area contributed by atoms with Crippen molar-refractivity contribution in [1.29, 1.82) is 0 Å². The Balaban J connectivity index is 1.72. The predicted octanol–water partition coefficient (Wildman–Crippen LogP) is 7.61. The summed E-state index contributed by atoms with van der Waals surface area (Å²) in [5.74, 6) is 0. The highest BCUT2D eigenvalue weighted by molar-refractivity contribution is 9.11. The van der Waals surface area contributed by atoms with E-state index in [-0.39, 0.29) is 0 Å². The first-order valence-electron chi connectivity index (χ1n) is 9.85. The van der Waals surface area contributed by atoms with Gasteiger partial charge in [0.25, 0.3) is 0 Å². The zero-order valence-electron chi connectivity index (χ0n) is 17.3. The van der Waals surface area contributed by atoms with E-state index in [1.54, 1.807) is 0 Å². The molecule has 3 nitrogen and oxygen atoms in total. The topological polar surface area (TPSA) is 9.72 Å². The Morgan fingerprint density at radius 2 is 0.767 bits per heavy atom. The van der Waals surface area contributed by atoms with Crippen LogP contribution in [0.4, 0.5) is 17.1 Å². The molecule has 0 bridgehead atoms. The van der Waals surface area contributed by atoms with Crippen molar-refractivity contribution < 1.29 is 0 Å². The summed E-state index contributed by atoms with van der Waals surface area (Å²) >= 11 is 11.1. The molecule has 0 unspecified atom stereocenters. The molecule has 0 atom stereocenters. The molecule has 1 fully saturated rings. The lowest BCUT2D eigenvalue weighted by Crippen LogP contribution is -2.55. The van der Waals surface area contributed by atoms with Crippen LogP contribution in [-0.4, -0.2) is 20.0 Å². The first kappa shape index (κ1) is 21.7. The summed E-state index contributed by atoms with van der Waals surface area (Å²) in [5, 5.41) is 0. The van der Waals surface area contributed by atoms with E-state index in [4.69, 9.17) is 0 Å². The molecule has 0 amide bonds. The summed E-state index contributed by atoms with van der Waals surface area (Å²) in [7, 11) is 0. The quantitative estimate of drug-likeness (QED) is 0.309. The first-order valence-corrected chi connectivity index (χ1v) is 12.2. The van der Waals surface area contributed by atoms with Crippen molar-refractivity contribution in [1.82, 2.24) is 0 Å². The van der Waals surface area contributed by atoms with Crippen molar-refractivity contribution >= 4 is 64.9 Å². The maximum Gasteiger partial charge on any atom is 0.0937 e. The molecule has 1 aliphatic rings. The maximum absolute atomic E-state index is 3.70. The van der Waals surface area contributed by atoms with Crippen molar-refractivity contribution in [3.63, 3.8) is 0 Å². The molecular weight excluding hydrogens is 570 g/mol. The van der Waals surface area contributed by atoms with Crippen molar-refractivity contribution in [3.8, 4) is 0 Å². The van der Waals surface area contributed by atoms with Crippen LogP contribution in [0.3, 0.4) is 0 Å². The maximum atomic E-state index is 3.70. The molecule has 156 valence electrons. The number of hydrogen-bond donors (Lipinski definition) is 0. The normalized spacial score (nSPS) is 14.4. The van der Waals surface area contributed by atoms with Crippen LogP contribution in [0.2, 0.25) is 0 Å². The minimum Gasteiger partial charge on any atom is -0.336 e. The molecular formula is C24H24Br3N3. The van der Waals surface area contributed by atoms with Crippen molar-refractivity contribution in [3.05, 3.63) is 84.7 Å². The van der Waals surface area contributed by atoms with Gasteiger partial charge in [-0.1, -0.05) is 66.0 Å². The second-order valence-corrected chi connectivity index (χ2v) is 10.4. The van der Waals surface area contributed by atoms with Gasteiger partial charge in [-0.05, 0) is 73.9 Å². The SMILES string of the molecule is Cc1ccc(N2CN(c3ccc(C)c(Br)c3)CN(c3ccc(C)c(Br)c3)C2)cc1Br. The fourth-order valence-electron chi connectivity index (χ4n) is 3.58. The third-order valence-corrected chi connectivity index (χ3v) is 8.15. The van der Waals surface area contributed by atoms with E-state index in [0.717, 1.165) is 33.4 Å². The summed E-state index contributed by atoms with van der Waals surface area (Å²) < 4.78 is 3.42. The van der Waals surface area contributed by atoms with Gasteiger partial charge in [0.05, 0.1) is 20.0 Å². The number of rotatable bonds is 3. The summed E-state index contributed by atoms with van der Waals surface area (Å²) in [6, 6.07) is 19.8. The number of benzene rings is 3. The van der Waals surface area contributed by atoms with E-state index in [1.807, 2.05) is 0 Å². The smallest absolute Gasteiger partial charge is 0.0937 e.